The summed E-state index contributed by atoms with van der Waals surface area (Å²) in [4.78, 5) is 0.367. The monoisotopic (exact) mass is 364 g/mol. The SMILES string of the molecule is COCCOc1ccc(C(Br)C(C)C)cc1Br. The van der Waals surface area contributed by atoms with Crippen LogP contribution in [0.25, 0.3) is 0 Å². The Morgan fingerprint density at radius 2 is 1.94 bits per heavy atom. The second kappa shape index (κ2) is 7.39. The molecule has 0 saturated heterocycles. The summed E-state index contributed by atoms with van der Waals surface area (Å²) in [6.07, 6.45) is 0. The van der Waals surface area contributed by atoms with Gasteiger partial charge in [-0.25, -0.2) is 0 Å². The Morgan fingerprint density at radius 1 is 1.24 bits per heavy atom. The fourth-order valence-corrected chi connectivity index (χ4v) is 2.22. The third kappa shape index (κ3) is 4.60. The minimum absolute atomic E-state index is 0.367. The average molecular weight is 366 g/mol. The predicted octanol–water partition coefficient (Wildman–Crippen LogP) is 4.57. The highest BCUT2D eigenvalue weighted by Gasteiger charge is 2.13. The van der Waals surface area contributed by atoms with Gasteiger partial charge >= 0.3 is 0 Å². The van der Waals surface area contributed by atoms with Crippen LogP contribution in [0.2, 0.25) is 0 Å². The number of rotatable bonds is 6. The molecular formula is C13H18Br2O2. The molecule has 96 valence electrons. The summed E-state index contributed by atoms with van der Waals surface area (Å²) in [5, 5.41) is 0. The smallest absolute Gasteiger partial charge is 0.133 e. The maximum Gasteiger partial charge on any atom is 0.133 e. The molecule has 0 aliphatic carbocycles. The average Bonchev–Trinajstić information content (AvgIpc) is 2.30. The molecule has 0 fully saturated rings. The Balaban J connectivity index is 2.72. The second-order valence-electron chi connectivity index (χ2n) is 4.18. The number of hydrogen-bond donors (Lipinski definition) is 0. The molecule has 1 atom stereocenters. The van der Waals surface area contributed by atoms with Crippen LogP contribution in [0, 0.1) is 5.92 Å². The van der Waals surface area contributed by atoms with E-state index in [0.29, 0.717) is 24.0 Å². The van der Waals surface area contributed by atoms with E-state index in [1.807, 2.05) is 6.07 Å². The summed E-state index contributed by atoms with van der Waals surface area (Å²) in [5.41, 5.74) is 1.26. The van der Waals surface area contributed by atoms with Gasteiger partial charge in [-0.2, -0.15) is 0 Å². The summed E-state index contributed by atoms with van der Waals surface area (Å²) in [7, 11) is 1.67. The van der Waals surface area contributed by atoms with Crippen LogP contribution in [0.5, 0.6) is 5.75 Å². The Labute approximate surface area is 120 Å². The van der Waals surface area contributed by atoms with Crippen LogP contribution >= 0.6 is 31.9 Å². The number of methoxy groups -OCH3 is 1. The topological polar surface area (TPSA) is 18.5 Å². The summed E-state index contributed by atoms with van der Waals surface area (Å²) < 4.78 is 11.5. The van der Waals surface area contributed by atoms with E-state index in [9.17, 15) is 0 Å². The molecule has 0 heterocycles. The third-order valence-electron chi connectivity index (χ3n) is 2.40. The van der Waals surface area contributed by atoms with Gasteiger partial charge in [-0.3, -0.25) is 0 Å². The van der Waals surface area contributed by atoms with Crippen molar-refractivity contribution in [2.24, 2.45) is 5.92 Å². The first-order valence-corrected chi connectivity index (χ1v) is 7.32. The standard InChI is InChI=1S/C13H18Br2O2/c1-9(2)13(15)10-4-5-12(11(14)8-10)17-7-6-16-3/h4-5,8-9,13H,6-7H2,1-3H3. The van der Waals surface area contributed by atoms with Gasteiger partial charge < -0.3 is 9.47 Å². The van der Waals surface area contributed by atoms with Gasteiger partial charge in [0.05, 0.1) is 11.1 Å². The number of benzene rings is 1. The third-order valence-corrected chi connectivity index (χ3v) is 4.61. The van der Waals surface area contributed by atoms with E-state index in [2.05, 4.69) is 57.8 Å². The predicted molar refractivity (Wildman–Crippen MR) is 78.0 cm³/mol. The maximum absolute atomic E-state index is 5.59. The molecule has 0 aromatic heterocycles. The Kier molecular flexibility index (Phi) is 6.52. The van der Waals surface area contributed by atoms with Gasteiger partial charge in [0.1, 0.15) is 12.4 Å². The quantitative estimate of drug-likeness (QED) is 0.543. The lowest BCUT2D eigenvalue weighted by Crippen LogP contribution is -2.05. The Hall–Kier alpha value is -0.0600. The molecule has 2 nitrogen and oxygen atoms in total. The van der Waals surface area contributed by atoms with E-state index in [-0.39, 0.29) is 0 Å². The fraction of sp³-hybridized carbons (Fsp3) is 0.538. The van der Waals surface area contributed by atoms with Crippen LogP contribution in [0.4, 0.5) is 0 Å². The second-order valence-corrected chi connectivity index (χ2v) is 6.02. The van der Waals surface area contributed by atoms with E-state index >= 15 is 0 Å². The van der Waals surface area contributed by atoms with Gasteiger partial charge in [-0.1, -0.05) is 35.8 Å². The van der Waals surface area contributed by atoms with Crippen LogP contribution in [-0.2, 0) is 4.74 Å². The minimum atomic E-state index is 0.367. The highest BCUT2D eigenvalue weighted by atomic mass is 79.9. The molecule has 0 amide bonds. The van der Waals surface area contributed by atoms with Gasteiger partial charge in [0.25, 0.3) is 0 Å². The lowest BCUT2D eigenvalue weighted by atomic mass is 10.0. The zero-order chi connectivity index (χ0) is 12.8. The summed E-state index contributed by atoms with van der Waals surface area (Å²) >= 11 is 7.22. The molecule has 1 rings (SSSR count). The van der Waals surface area contributed by atoms with Crippen molar-refractivity contribution in [3.05, 3.63) is 28.2 Å². The summed E-state index contributed by atoms with van der Waals surface area (Å²) in [6.45, 7) is 5.55. The first-order valence-electron chi connectivity index (χ1n) is 5.61. The number of halogens is 2. The first-order chi connectivity index (χ1) is 8.06. The van der Waals surface area contributed by atoms with Gasteiger partial charge in [-0.15, -0.1) is 0 Å². The highest BCUT2D eigenvalue weighted by molar-refractivity contribution is 9.10. The molecule has 0 aliphatic rings. The Bertz CT molecular complexity index is 353. The fourth-order valence-electron chi connectivity index (χ4n) is 1.43. The van der Waals surface area contributed by atoms with E-state index in [0.717, 1.165) is 10.2 Å². The van der Waals surface area contributed by atoms with Crippen molar-refractivity contribution in [3.8, 4) is 5.75 Å². The van der Waals surface area contributed by atoms with Crippen molar-refractivity contribution in [1.82, 2.24) is 0 Å². The van der Waals surface area contributed by atoms with Crippen LogP contribution in [0.15, 0.2) is 22.7 Å². The molecule has 0 saturated carbocycles. The van der Waals surface area contributed by atoms with Gasteiger partial charge in [0.15, 0.2) is 0 Å². The molecule has 0 radical (unpaired) electrons. The molecule has 1 aromatic rings. The number of ether oxygens (including phenoxy) is 2. The first kappa shape index (κ1) is 15.0. The van der Waals surface area contributed by atoms with Crippen LogP contribution in [-0.4, -0.2) is 20.3 Å². The zero-order valence-corrected chi connectivity index (χ0v) is 13.5. The van der Waals surface area contributed by atoms with Gasteiger partial charge in [0, 0.05) is 11.9 Å². The van der Waals surface area contributed by atoms with E-state index in [1.54, 1.807) is 7.11 Å². The van der Waals surface area contributed by atoms with Crippen LogP contribution < -0.4 is 4.74 Å². The molecule has 0 spiro atoms. The zero-order valence-electron chi connectivity index (χ0n) is 10.4. The lowest BCUT2D eigenvalue weighted by molar-refractivity contribution is 0.146. The van der Waals surface area contributed by atoms with Gasteiger partial charge in [0.2, 0.25) is 0 Å². The van der Waals surface area contributed by atoms with Crippen molar-refractivity contribution in [1.29, 1.82) is 0 Å². The van der Waals surface area contributed by atoms with E-state index in [4.69, 9.17) is 9.47 Å². The number of hydrogen-bond acceptors (Lipinski definition) is 2. The van der Waals surface area contributed by atoms with Crippen molar-refractivity contribution >= 4 is 31.9 Å². The van der Waals surface area contributed by atoms with E-state index in [1.165, 1.54) is 5.56 Å². The highest BCUT2D eigenvalue weighted by Crippen LogP contribution is 2.35. The molecule has 17 heavy (non-hydrogen) atoms. The molecule has 0 aliphatic heterocycles. The summed E-state index contributed by atoms with van der Waals surface area (Å²) in [6, 6.07) is 6.18. The minimum Gasteiger partial charge on any atom is -0.490 e. The van der Waals surface area contributed by atoms with E-state index < -0.39 is 0 Å². The van der Waals surface area contributed by atoms with Crippen molar-refractivity contribution in [3.63, 3.8) is 0 Å². The molecular weight excluding hydrogens is 348 g/mol. The molecule has 0 bridgehead atoms. The summed E-state index contributed by atoms with van der Waals surface area (Å²) in [5.74, 6) is 1.41. The Morgan fingerprint density at radius 3 is 2.47 bits per heavy atom. The van der Waals surface area contributed by atoms with Crippen LogP contribution in [0.3, 0.4) is 0 Å². The van der Waals surface area contributed by atoms with Crippen molar-refractivity contribution in [2.45, 2.75) is 18.7 Å². The molecule has 1 aromatic carbocycles. The molecule has 1 unspecified atom stereocenters. The van der Waals surface area contributed by atoms with Crippen molar-refractivity contribution in [2.75, 3.05) is 20.3 Å². The number of alkyl halides is 1. The van der Waals surface area contributed by atoms with Crippen LogP contribution in [0.1, 0.15) is 24.2 Å². The lowest BCUT2D eigenvalue weighted by Gasteiger charge is -2.16. The largest absolute Gasteiger partial charge is 0.490 e. The van der Waals surface area contributed by atoms with Gasteiger partial charge in [-0.05, 0) is 39.5 Å². The molecule has 4 heteroatoms. The van der Waals surface area contributed by atoms with Crippen molar-refractivity contribution < 1.29 is 9.47 Å². The molecule has 0 N–H and O–H groups in total. The maximum atomic E-state index is 5.59. The normalized spacial score (nSPS) is 12.8.